The highest BCUT2D eigenvalue weighted by atomic mass is 35.5. The van der Waals surface area contributed by atoms with Gasteiger partial charge in [0, 0.05) is 31.6 Å². The van der Waals surface area contributed by atoms with Crippen LogP contribution in [0.4, 0.5) is 0 Å². The Bertz CT molecular complexity index is 507. The van der Waals surface area contributed by atoms with Gasteiger partial charge in [0.05, 0.1) is 0 Å². The van der Waals surface area contributed by atoms with Crippen LogP contribution in [0.5, 0.6) is 0 Å². The maximum absolute atomic E-state index is 11.9. The molecule has 1 aliphatic rings. The van der Waals surface area contributed by atoms with E-state index in [0.29, 0.717) is 19.1 Å². The van der Waals surface area contributed by atoms with Crippen molar-refractivity contribution in [2.45, 2.75) is 58.2 Å². The maximum atomic E-state index is 11.9. The molecule has 1 fully saturated rings. The molecule has 4 nitrogen and oxygen atoms in total. The molecular weight excluding hydrogens is 357 g/mol. The van der Waals surface area contributed by atoms with Crippen LogP contribution in [0.25, 0.3) is 0 Å². The summed E-state index contributed by atoms with van der Waals surface area (Å²) in [5, 5.41) is 3.01. The second kappa shape index (κ2) is 12.5. The zero-order valence-corrected chi connectivity index (χ0v) is 17.0. The van der Waals surface area contributed by atoms with Crippen LogP contribution in [0, 0.1) is 5.92 Å². The van der Waals surface area contributed by atoms with Crippen molar-refractivity contribution in [2.75, 3.05) is 13.6 Å². The summed E-state index contributed by atoms with van der Waals surface area (Å²) < 4.78 is 0. The summed E-state index contributed by atoms with van der Waals surface area (Å²) in [4.78, 5) is 14.4. The second-order valence-electron chi connectivity index (χ2n) is 6.83. The van der Waals surface area contributed by atoms with Crippen molar-refractivity contribution < 1.29 is 4.79 Å². The minimum atomic E-state index is -0.132. The molecule has 1 aromatic carbocycles. The molecule has 1 amide bonds. The Balaban J connectivity index is 0.00000288. The van der Waals surface area contributed by atoms with E-state index in [4.69, 9.17) is 5.73 Å². The quantitative estimate of drug-likeness (QED) is 0.749. The number of carbonyl (C=O) groups is 1. The molecule has 144 valence electrons. The Morgan fingerprint density at radius 1 is 1.20 bits per heavy atom. The topological polar surface area (TPSA) is 58.4 Å². The lowest BCUT2D eigenvalue weighted by Gasteiger charge is -2.31. The Morgan fingerprint density at radius 3 is 2.40 bits per heavy atom. The van der Waals surface area contributed by atoms with Crippen LogP contribution in [0.2, 0.25) is 0 Å². The molecule has 0 saturated heterocycles. The standard InChI is InChI=1S/C19H31N3O.2ClH/c1-15(12-20)19(23)21-13-16-8-6-7-9-17(16)14-22(2)18-10-4-3-5-11-18;;/h6-9,15,18H,3-5,10-14,20H2,1-2H3,(H,21,23);2*1H. The SMILES string of the molecule is CC(CN)C(=O)NCc1ccccc1CN(C)C1CCCCC1.Cl.Cl. The van der Waals surface area contributed by atoms with E-state index in [-0.39, 0.29) is 36.6 Å². The molecule has 0 bridgehead atoms. The minimum Gasteiger partial charge on any atom is -0.352 e. The summed E-state index contributed by atoms with van der Waals surface area (Å²) >= 11 is 0. The van der Waals surface area contributed by atoms with Gasteiger partial charge in [-0.2, -0.15) is 0 Å². The maximum Gasteiger partial charge on any atom is 0.224 e. The fourth-order valence-corrected chi connectivity index (χ4v) is 3.27. The number of rotatable bonds is 7. The van der Waals surface area contributed by atoms with Crippen molar-refractivity contribution in [2.24, 2.45) is 11.7 Å². The second-order valence-corrected chi connectivity index (χ2v) is 6.83. The van der Waals surface area contributed by atoms with E-state index in [1.807, 2.05) is 13.0 Å². The highest BCUT2D eigenvalue weighted by molar-refractivity contribution is 5.85. The van der Waals surface area contributed by atoms with Crippen LogP contribution in [0.3, 0.4) is 0 Å². The Morgan fingerprint density at radius 2 is 1.80 bits per heavy atom. The van der Waals surface area contributed by atoms with Crippen LogP contribution in [0.15, 0.2) is 24.3 Å². The van der Waals surface area contributed by atoms with Crippen LogP contribution in [0.1, 0.15) is 50.2 Å². The first-order valence-corrected chi connectivity index (χ1v) is 8.86. The van der Waals surface area contributed by atoms with Gasteiger partial charge in [0.1, 0.15) is 0 Å². The fraction of sp³-hybridized carbons (Fsp3) is 0.632. The highest BCUT2D eigenvalue weighted by Gasteiger charge is 2.19. The predicted molar refractivity (Wildman–Crippen MR) is 109 cm³/mol. The number of carbonyl (C=O) groups excluding carboxylic acids is 1. The third-order valence-electron chi connectivity index (χ3n) is 4.99. The number of amides is 1. The van der Waals surface area contributed by atoms with Crippen molar-refractivity contribution in [1.82, 2.24) is 10.2 Å². The van der Waals surface area contributed by atoms with E-state index in [1.165, 1.54) is 43.2 Å². The lowest BCUT2D eigenvalue weighted by molar-refractivity contribution is -0.124. The molecule has 1 aromatic rings. The molecule has 0 aromatic heterocycles. The van der Waals surface area contributed by atoms with Crippen molar-refractivity contribution in [3.63, 3.8) is 0 Å². The first kappa shape index (κ1) is 24.2. The van der Waals surface area contributed by atoms with Gasteiger partial charge in [-0.1, -0.05) is 50.5 Å². The smallest absolute Gasteiger partial charge is 0.224 e. The first-order chi connectivity index (χ1) is 11.1. The highest BCUT2D eigenvalue weighted by Crippen LogP contribution is 2.23. The van der Waals surface area contributed by atoms with Crippen LogP contribution in [-0.4, -0.2) is 30.4 Å². The summed E-state index contributed by atoms with van der Waals surface area (Å²) in [5.41, 5.74) is 8.06. The van der Waals surface area contributed by atoms with Crippen molar-refractivity contribution in [3.05, 3.63) is 35.4 Å². The largest absolute Gasteiger partial charge is 0.352 e. The molecular formula is C19H33Cl2N3O. The van der Waals surface area contributed by atoms with Crippen LogP contribution < -0.4 is 11.1 Å². The molecule has 0 heterocycles. The van der Waals surface area contributed by atoms with E-state index >= 15 is 0 Å². The zero-order valence-electron chi connectivity index (χ0n) is 15.4. The number of nitrogens with zero attached hydrogens (tertiary/aromatic N) is 1. The van der Waals surface area contributed by atoms with Gasteiger partial charge in [0.15, 0.2) is 0 Å². The summed E-state index contributed by atoms with van der Waals surface area (Å²) in [6.07, 6.45) is 6.70. The fourth-order valence-electron chi connectivity index (χ4n) is 3.27. The molecule has 1 saturated carbocycles. The van der Waals surface area contributed by atoms with E-state index < -0.39 is 0 Å². The third-order valence-corrected chi connectivity index (χ3v) is 4.99. The minimum absolute atomic E-state index is 0. The summed E-state index contributed by atoms with van der Waals surface area (Å²) in [7, 11) is 2.22. The number of hydrogen-bond donors (Lipinski definition) is 2. The summed E-state index contributed by atoms with van der Waals surface area (Å²) in [6.45, 7) is 3.77. The third kappa shape index (κ3) is 7.53. The van der Waals surface area contributed by atoms with Crippen molar-refractivity contribution in [1.29, 1.82) is 0 Å². The lowest BCUT2D eigenvalue weighted by atomic mass is 9.94. The van der Waals surface area contributed by atoms with E-state index in [9.17, 15) is 4.79 Å². The average Bonchev–Trinajstić information content (AvgIpc) is 2.60. The van der Waals surface area contributed by atoms with Gasteiger partial charge in [-0.15, -0.1) is 24.8 Å². The number of hydrogen-bond acceptors (Lipinski definition) is 3. The normalized spacial score (nSPS) is 15.8. The Hall–Kier alpha value is -0.810. The van der Waals surface area contributed by atoms with Gasteiger partial charge in [0.25, 0.3) is 0 Å². The molecule has 6 heteroatoms. The molecule has 2 rings (SSSR count). The molecule has 0 radical (unpaired) electrons. The zero-order chi connectivity index (χ0) is 16.7. The van der Waals surface area contributed by atoms with Gasteiger partial charge >= 0.3 is 0 Å². The molecule has 1 aliphatic carbocycles. The number of nitrogens with one attached hydrogen (secondary N) is 1. The molecule has 0 aliphatic heterocycles. The van der Waals surface area contributed by atoms with E-state index in [1.54, 1.807) is 0 Å². The Labute approximate surface area is 164 Å². The molecule has 3 N–H and O–H groups in total. The van der Waals surface area contributed by atoms with Gasteiger partial charge in [0.2, 0.25) is 5.91 Å². The van der Waals surface area contributed by atoms with E-state index in [0.717, 1.165) is 6.54 Å². The van der Waals surface area contributed by atoms with E-state index in [2.05, 4.69) is 35.5 Å². The monoisotopic (exact) mass is 389 g/mol. The van der Waals surface area contributed by atoms with Crippen molar-refractivity contribution >= 4 is 30.7 Å². The molecule has 0 spiro atoms. The number of halogens is 2. The van der Waals surface area contributed by atoms with Crippen LogP contribution in [-0.2, 0) is 17.9 Å². The molecule has 25 heavy (non-hydrogen) atoms. The Kier molecular flexibility index (Phi) is 12.1. The number of nitrogens with two attached hydrogens (primary N) is 1. The lowest BCUT2D eigenvalue weighted by Crippen LogP contribution is -2.34. The molecule has 1 atom stereocenters. The average molecular weight is 390 g/mol. The summed E-state index contributed by atoms with van der Waals surface area (Å²) in [6, 6.07) is 9.10. The van der Waals surface area contributed by atoms with Crippen molar-refractivity contribution in [3.8, 4) is 0 Å². The molecule has 1 unspecified atom stereocenters. The van der Waals surface area contributed by atoms with Crippen LogP contribution >= 0.6 is 24.8 Å². The number of benzene rings is 1. The first-order valence-electron chi connectivity index (χ1n) is 8.86. The van der Waals surface area contributed by atoms with Gasteiger partial charge < -0.3 is 11.1 Å². The predicted octanol–water partition coefficient (Wildman–Crippen LogP) is 3.51. The van der Waals surface area contributed by atoms with Gasteiger partial charge in [-0.3, -0.25) is 9.69 Å². The van der Waals surface area contributed by atoms with Gasteiger partial charge in [-0.25, -0.2) is 0 Å². The summed E-state index contributed by atoms with van der Waals surface area (Å²) in [5.74, 6) is -0.102. The van der Waals surface area contributed by atoms with Gasteiger partial charge in [-0.05, 0) is 31.0 Å².